The Morgan fingerprint density at radius 3 is 3.00 bits per heavy atom. The SMILES string of the molecule is CN(CCN)c1ncncc1Br. The van der Waals surface area contributed by atoms with Gasteiger partial charge < -0.3 is 10.6 Å². The lowest BCUT2D eigenvalue weighted by molar-refractivity contribution is 0.860. The average molecular weight is 231 g/mol. The highest BCUT2D eigenvalue weighted by Crippen LogP contribution is 2.19. The van der Waals surface area contributed by atoms with E-state index in [1.165, 1.54) is 6.33 Å². The highest BCUT2D eigenvalue weighted by molar-refractivity contribution is 9.10. The zero-order chi connectivity index (χ0) is 8.97. The van der Waals surface area contributed by atoms with Crippen LogP contribution in [0.3, 0.4) is 0 Å². The van der Waals surface area contributed by atoms with Crippen LogP contribution in [0.25, 0.3) is 0 Å². The van der Waals surface area contributed by atoms with Gasteiger partial charge in [0.15, 0.2) is 0 Å². The molecular weight excluding hydrogens is 220 g/mol. The van der Waals surface area contributed by atoms with E-state index in [0.29, 0.717) is 6.54 Å². The number of anilines is 1. The predicted octanol–water partition coefficient (Wildman–Crippen LogP) is 0.634. The minimum atomic E-state index is 0.618. The first-order valence-corrected chi connectivity index (χ1v) is 4.41. The number of hydrogen-bond donors (Lipinski definition) is 1. The van der Waals surface area contributed by atoms with Crippen LogP contribution < -0.4 is 10.6 Å². The maximum absolute atomic E-state index is 5.42. The van der Waals surface area contributed by atoms with Gasteiger partial charge in [-0.2, -0.15) is 0 Å². The van der Waals surface area contributed by atoms with Gasteiger partial charge in [-0.15, -0.1) is 0 Å². The van der Waals surface area contributed by atoms with Crippen molar-refractivity contribution in [3.63, 3.8) is 0 Å². The largest absolute Gasteiger partial charge is 0.357 e. The summed E-state index contributed by atoms with van der Waals surface area (Å²) in [6, 6.07) is 0. The van der Waals surface area contributed by atoms with Gasteiger partial charge in [0.1, 0.15) is 12.1 Å². The molecule has 0 radical (unpaired) electrons. The van der Waals surface area contributed by atoms with Gasteiger partial charge in [-0.1, -0.05) is 0 Å². The smallest absolute Gasteiger partial charge is 0.146 e. The Bertz CT molecular complexity index is 253. The summed E-state index contributed by atoms with van der Waals surface area (Å²) in [7, 11) is 1.94. The number of rotatable bonds is 3. The van der Waals surface area contributed by atoms with Crippen LogP contribution in [-0.4, -0.2) is 30.1 Å². The van der Waals surface area contributed by atoms with E-state index in [1.54, 1.807) is 6.20 Å². The molecule has 0 atom stereocenters. The van der Waals surface area contributed by atoms with Crippen LogP contribution in [0.2, 0.25) is 0 Å². The second-order valence-electron chi connectivity index (χ2n) is 2.40. The van der Waals surface area contributed by atoms with Gasteiger partial charge in [0, 0.05) is 26.3 Å². The fourth-order valence-electron chi connectivity index (χ4n) is 0.887. The lowest BCUT2D eigenvalue weighted by Crippen LogP contribution is -2.26. The van der Waals surface area contributed by atoms with E-state index in [9.17, 15) is 0 Å². The zero-order valence-corrected chi connectivity index (χ0v) is 8.45. The molecule has 5 heteroatoms. The number of nitrogens with two attached hydrogens (primary N) is 1. The van der Waals surface area contributed by atoms with E-state index in [2.05, 4.69) is 25.9 Å². The maximum Gasteiger partial charge on any atom is 0.146 e. The summed E-state index contributed by atoms with van der Waals surface area (Å²) in [6.07, 6.45) is 3.24. The van der Waals surface area contributed by atoms with Crippen LogP contribution in [0.5, 0.6) is 0 Å². The summed E-state index contributed by atoms with van der Waals surface area (Å²) in [5.74, 6) is 0.871. The zero-order valence-electron chi connectivity index (χ0n) is 6.87. The summed E-state index contributed by atoms with van der Waals surface area (Å²) in [4.78, 5) is 9.96. The summed E-state index contributed by atoms with van der Waals surface area (Å²) in [5.41, 5.74) is 5.42. The number of nitrogens with zero attached hydrogens (tertiary/aromatic N) is 3. The van der Waals surface area contributed by atoms with Crippen molar-refractivity contribution in [1.29, 1.82) is 0 Å². The molecular formula is C7H11BrN4. The minimum absolute atomic E-state index is 0.618. The Labute approximate surface area is 79.9 Å². The quantitative estimate of drug-likeness (QED) is 0.829. The second-order valence-corrected chi connectivity index (χ2v) is 3.26. The van der Waals surface area contributed by atoms with Crippen molar-refractivity contribution < 1.29 is 0 Å². The molecule has 0 saturated heterocycles. The first kappa shape index (κ1) is 9.41. The highest BCUT2D eigenvalue weighted by Gasteiger charge is 2.04. The van der Waals surface area contributed by atoms with Crippen molar-refractivity contribution in [2.45, 2.75) is 0 Å². The van der Waals surface area contributed by atoms with Gasteiger partial charge >= 0.3 is 0 Å². The fraction of sp³-hybridized carbons (Fsp3) is 0.429. The van der Waals surface area contributed by atoms with Crippen molar-refractivity contribution in [2.75, 3.05) is 25.0 Å². The Kier molecular flexibility index (Phi) is 3.43. The van der Waals surface area contributed by atoms with Gasteiger partial charge in [-0.3, -0.25) is 0 Å². The van der Waals surface area contributed by atoms with Crippen molar-refractivity contribution in [1.82, 2.24) is 9.97 Å². The number of hydrogen-bond acceptors (Lipinski definition) is 4. The second kappa shape index (κ2) is 4.37. The minimum Gasteiger partial charge on any atom is -0.357 e. The summed E-state index contributed by atoms with van der Waals surface area (Å²) >= 11 is 3.36. The third kappa shape index (κ3) is 2.15. The van der Waals surface area contributed by atoms with Gasteiger partial charge in [0.25, 0.3) is 0 Å². The molecule has 0 unspecified atom stereocenters. The van der Waals surface area contributed by atoms with E-state index in [4.69, 9.17) is 5.73 Å². The topological polar surface area (TPSA) is 55.0 Å². The molecule has 0 bridgehead atoms. The number of likely N-dealkylation sites (N-methyl/N-ethyl adjacent to an activating group) is 1. The monoisotopic (exact) mass is 230 g/mol. The van der Waals surface area contributed by atoms with Crippen LogP contribution in [0, 0.1) is 0 Å². The summed E-state index contributed by atoms with van der Waals surface area (Å²) in [5, 5.41) is 0. The predicted molar refractivity (Wildman–Crippen MR) is 52.1 cm³/mol. The Morgan fingerprint density at radius 1 is 1.67 bits per heavy atom. The average Bonchev–Trinajstić information content (AvgIpc) is 2.05. The van der Waals surface area contributed by atoms with Crippen molar-refractivity contribution in [3.05, 3.63) is 17.0 Å². The summed E-state index contributed by atoms with van der Waals surface area (Å²) < 4.78 is 0.890. The normalized spacial score (nSPS) is 9.92. The van der Waals surface area contributed by atoms with E-state index in [1.807, 2.05) is 11.9 Å². The van der Waals surface area contributed by atoms with Gasteiger partial charge in [-0.25, -0.2) is 9.97 Å². The molecule has 0 fully saturated rings. The highest BCUT2D eigenvalue weighted by atomic mass is 79.9. The molecule has 66 valence electrons. The Morgan fingerprint density at radius 2 is 2.42 bits per heavy atom. The molecule has 2 N–H and O–H groups in total. The third-order valence-electron chi connectivity index (χ3n) is 1.47. The van der Waals surface area contributed by atoms with Crippen LogP contribution >= 0.6 is 15.9 Å². The molecule has 1 aromatic heterocycles. The van der Waals surface area contributed by atoms with Crippen LogP contribution in [0.4, 0.5) is 5.82 Å². The molecule has 1 heterocycles. The van der Waals surface area contributed by atoms with Gasteiger partial charge in [0.2, 0.25) is 0 Å². The maximum atomic E-state index is 5.42. The molecule has 1 aromatic rings. The molecule has 0 amide bonds. The molecule has 12 heavy (non-hydrogen) atoms. The standard InChI is InChI=1S/C7H11BrN4/c1-12(3-2-9)7-6(8)4-10-5-11-7/h4-5H,2-3,9H2,1H3. The lowest BCUT2D eigenvalue weighted by atomic mass is 10.5. The number of aromatic nitrogens is 2. The van der Waals surface area contributed by atoms with E-state index < -0.39 is 0 Å². The molecule has 0 aliphatic heterocycles. The van der Waals surface area contributed by atoms with Crippen LogP contribution in [0.15, 0.2) is 17.0 Å². The molecule has 1 rings (SSSR count). The van der Waals surface area contributed by atoms with Gasteiger partial charge in [0.05, 0.1) is 4.47 Å². The lowest BCUT2D eigenvalue weighted by Gasteiger charge is -2.17. The molecule has 0 aromatic carbocycles. The molecule has 0 aliphatic carbocycles. The van der Waals surface area contributed by atoms with Crippen LogP contribution in [-0.2, 0) is 0 Å². The molecule has 0 saturated carbocycles. The van der Waals surface area contributed by atoms with Gasteiger partial charge in [-0.05, 0) is 15.9 Å². The first-order chi connectivity index (χ1) is 5.75. The first-order valence-electron chi connectivity index (χ1n) is 3.62. The molecule has 4 nitrogen and oxygen atoms in total. The van der Waals surface area contributed by atoms with Crippen LogP contribution in [0.1, 0.15) is 0 Å². The Balaban J connectivity index is 2.79. The third-order valence-corrected chi connectivity index (χ3v) is 2.03. The van der Waals surface area contributed by atoms with Crippen molar-refractivity contribution in [3.8, 4) is 0 Å². The van der Waals surface area contributed by atoms with Crippen molar-refractivity contribution in [2.24, 2.45) is 5.73 Å². The Hall–Kier alpha value is -0.680. The number of halogens is 1. The van der Waals surface area contributed by atoms with Crippen molar-refractivity contribution >= 4 is 21.7 Å². The molecule has 0 aliphatic rings. The van der Waals surface area contributed by atoms with E-state index in [0.717, 1.165) is 16.8 Å². The van der Waals surface area contributed by atoms with E-state index in [-0.39, 0.29) is 0 Å². The molecule has 0 spiro atoms. The van der Waals surface area contributed by atoms with E-state index >= 15 is 0 Å². The summed E-state index contributed by atoms with van der Waals surface area (Å²) in [6.45, 7) is 1.41. The fourth-order valence-corrected chi connectivity index (χ4v) is 1.41.